The number of isothiocyanates is 1. The zero-order valence-corrected chi connectivity index (χ0v) is 8.25. The minimum absolute atomic E-state index is 0.149. The van der Waals surface area contributed by atoms with Crippen LogP contribution in [0.25, 0.3) is 0 Å². The molecule has 0 aliphatic carbocycles. The number of carboxylic acid groups (broad SMARTS) is 1. The van der Waals surface area contributed by atoms with E-state index in [1.165, 1.54) is 0 Å². The van der Waals surface area contributed by atoms with Crippen molar-refractivity contribution in [3.8, 4) is 0 Å². The van der Waals surface area contributed by atoms with E-state index in [1.807, 2.05) is 12.1 Å². The Morgan fingerprint density at radius 1 is 1.43 bits per heavy atom. The van der Waals surface area contributed by atoms with E-state index in [9.17, 15) is 4.79 Å². The Morgan fingerprint density at radius 3 is 2.57 bits per heavy atom. The Hall–Kier alpha value is -1.51. The van der Waals surface area contributed by atoms with Crippen LogP contribution in [-0.4, -0.2) is 16.2 Å². The lowest BCUT2D eigenvalue weighted by Crippen LogP contribution is -1.96. The Labute approximate surface area is 87.1 Å². The number of hydrogen-bond acceptors (Lipinski definition) is 3. The van der Waals surface area contributed by atoms with Gasteiger partial charge in [0.2, 0.25) is 0 Å². The molecule has 0 aliphatic rings. The molecule has 0 heterocycles. The maximum atomic E-state index is 10.3. The number of nitrogens with zero attached hydrogens (tertiary/aromatic N) is 1. The van der Waals surface area contributed by atoms with Gasteiger partial charge in [0.15, 0.2) is 0 Å². The van der Waals surface area contributed by atoms with Gasteiger partial charge in [0.25, 0.3) is 0 Å². The summed E-state index contributed by atoms with van der Waals surface area (Å²) in [7, 11) is 0. The fourth-order valence-corrected chi connectivity index (χ4v) is 1.15. The van der Waals surface area contributed by atoms with Gasteiger partial charge in [-0.3, -0.25) is 4.79 Å². The number of benzene rings is 1. The summed E-state index contributed by atoms with van der Waals surface area (Å²) in [6.07, 6.45) is 0.687. The number of aliphatic imine (C=N–C) groups is 1. The summed E-state index contributed by atoms with van der Waals surface area (Å²) < 4.78 is 0. The number of carboxylic acids is 1. The predicted octanol–water partition coefficient (Wildman–Crippen LogP) is 2.44. The highest BCUT2D eigenvalue weighted by Crippen LogP contribution is 2.13. The molecule has 1 aromatic carbocycles. The lowest BCUT2D eigenvalue weighted by Gasteiger charge is -1.98. The molecule has 0 saturated carbocycles. The van der Waals surface area contributed by atoms with Gasteiger partial charge in [-0.1, -0.05) is 12.1 Å². The van der Waals surface area contributed by atoms with Crippen molar-refractivity contribution in [2.24, 2.45) is 4.99 Å². The molecule has 0 saturated heterocycles. The van der Waals surface area contributed by atoms with Crippen LogP contribution in [0.5, 0.6) is 0 Å². The SMILES string of the molecule is O=C(O)CCc1ccc(N=C=S)cc1. The first kappa shape index (κ1) is 10.6. The fraction of sp³-hybridized carbons (Fsp3) is 0.200. The molecule has 3 nitrogen and oxygen atoms in total. The van der Waals surface area contributed by atoms with Crippen LogP contribution in [0.15, 0.2) is 29.3 Å². The maximum absolute atomic E-state index is 10.3. The van der Waals surface area contributed by atoms with Crippen molar-refractivity contribution >= 4 is 29.0 Å². The Balaban J connectivity index is 2.63. The first-order valence-electron chi connectivity index (χ1n) is 4.11. The molecule has 0 unspecified atom stereocenters. The second-order valence-electron chi connectivity index (χ2n) is 2.76. The summed E-state index contributed by atoms with van der Waals surface area (Å²) >= 11 is 4.46. The average molecular weight is 207 g/mol. The fourth-order valence-electron chi connectivity index (χ4n) is 1.04. The standard InChI is InChI=1S/C10H9NO2S/c12-10(13)6-3-8-1-4-9(5-2-8)11-7-14/h1-2,4-5H,3,6H2,(H,12,13). The summed E-state index contributed by atoms with van der Waals surface area (Å²) in [5.41, 5.74) is 1.72. The van der Waals surface area contributed by atoms with Gasteiger partial charge in [0.1, 0.15) is 0 Å². The number of thiocarbonyl (C=S) groups is 1. The van der Waals surface area contributed by atoms with Gasteiger partial charge in [-0.2, -0.15) is 4.99 Å². The van der Waals surface area contributed by atoms with E-state index in [2.05, 4.69) is 22.4 Å². The topological polar surface area (TPSA) is 49.7 Å². The normalized spacial score (nSPS) is 9.14. The van der Waals surface area contributed by atoms with E-state index in [4.69, 9.17) is 5.11 Å². The van der Waals surface area contributed by atoms with Gasteiger partial charge in [0, 0.05) is 6.42 Å². The van der Waals surface area contributed by atoms with E-state index >= 15 is 0 Å². The smallest absolute Gasteiger partial charge is 0.303 e. The van der Waals surface area contributed by atoms with E-state index in [0.717, 1.165) is 11.3 Å². The van der Waals surface area contributed by atoms with Gasteiger partial charge >= 0.3 is 5.97 Å². The molecule has 0 bridgehead atoms. The Morgan fingerprint density at radius 2 is 2.07 bits per heavy atom. The molecule has 0 fully saturated rings. The van der Waals surface area contributed by atoms with Crippen LogP contribution in [0, 0.1) is 0 Å². The summed E-state index contributed by atoms with van der Waals surface area (Å²) in [6, 6.07) is 7.26. The lowest BCUT2D eigenvalue weighted by atomic mass is 10.1. The van der Waals surface area contributed by atoms with Gasteiger partial charge < -0.3 is 5.11 Å². The highest BCUT2D eigenvalue weighted by molar-refractivity contribution is 7.78. The summed E-state index contributed by atoms with van der Waals surface area (Å²) in [5.74, 6) is -0.786. The van der Waals surface area contributed by atoms with Crippen LogP contribution in [0.4, 0.5) is 5.69 Å². The molecular formula is C10H9NO2S. The van der Waals surface area contributed by atoms with Crippen molar-refractivity contribution in [2.45, 2.75) is 12.8 Å². The molecule has 4 heteroatoms. The minimum Gasteiger partial charge on any atom is -0.481 e. The molecule has 14 heavy (non-hydrogen) atoms. The number of aliphatic carboxylic acids is 1. The molecule has 0 aromatic heterocycles. The Bertz CT molecular complexity index is 366. The van der Waals surface area contributed by atoms with Crippen LogP contribution in [0.2, 0.25) is 0 Å². The minimum atomic E-state index is -0.786. The van der Waals surface area contributed by atoms with E-state index in [0.29, 0.717) is 6.42 Å². The van der Waals surface area contributed by atoms with Crippen LogP contribution in [0.3, 0.4) is 0 Å². The first-order valence-corrected chi connectivity index (χ1v) is 4.52. The summed E-state index contributed by atoms with van der Waals surface area (Å²) in [4.78, 5) is 14.1. The molecule has 0 atom stereocenters. The van der Waals surface area contributed by atoms with Crippen LogP contribution < -0.4 is 0 Å². The monoisotopic (exact) mass is 207 g/mol. The highest BCUT2D eigenvalue weighted by atomic mass is 32.1. The third kappa shape index (κ3) is 3.47. The summed E-state index contributed by atoms with van der Waals surface area (Å²) in [5, 5.41) is 10.7. The zero-order chi connectivity index (χ0) is 10.4. The van der Waals surface area contributed by atoms with Gasteiger partial charge in [-0.15, -0.1) is 0 Å². The second-order valence-corrected chi connectivity index (χ2v) is 2.95. The third-order valence-corrected chi connectivity index (χ3v) is 1.83. The molecule has 72 valence electrons. The van der Waals surface area contributed by atoms with Crippen molar-refractivity contribution in [1.29, 1.82) is 0 Å². The van der Waals surface area contributed by atoms with Gasteiger partial charge in [-0.05, 0) is 36.3 Å². The molecule has 1 rings (SSSR count). The second kappa shape index (κ2) is 5.27. The number of carbonyl (C=O) groups is 1. The highest BCUT2D eigenvalue weighted by Gasteiger charge is 1.98. The third-order valence-electron chi connectivity index (χ3n) is 1.74. The Kier molecular flexibility index (Phi) is 3.98. The molecular weight excluding hydrogens is 198 g/mol. The van der Waals surface area contributed by atoms with E-state index in [1.54, 1.807) is 12.1 Å². The van der Waals surface area contributed by atoms with Crippen molar-refractivity contribution in [3.05, 3.63) is 29.8 Å². The van der Waals surface area contributed by atoms with Gasteiger partial charge in [-0.25, -0.2) is 0 Å². The predicted molar refractivity (Wildman–Crippen MR) is 57.1 cm³/mol. The summed E-state index contributed by atoms with van der Waals surface area (Å²) in [6.45, 7) is 0. The lowest BCUT2D eigenvalue weighted by molar-refractivity contribution is -0.136. The molecule has 1 N–H and O–H groups in total. The molecule has 1 aromatic rings. The molecule has 0 aliphatic heterocycles. The zero-order valence-electron chi connectivity index (χ0n) is 7.43. The van der Waals surface area contributed by atoms with Crippen molar-refractivity contribution < 1.29 is 9.90 Å². The molecule has 0 spiro atoms. The van der Waals surface area contributed by atoms with E-state index in [-0.39, 0.29) is 6.42 Å². The quantitative estimate of drug-likeness (QED) is 0.609. The average Bonchev–Trinajstić information content (AvgIpc) is 2.17. The van der Waals surface area contributed by atoms with Crippen molar-refractivity contribution in [3.63, 3.8) is 0 Å². The number of hydrogen-bond donors (Lipinski definition) is 1. The number of aryl methyl sites for hydroxylation is 1. The molecule has 0 amide bonds. The maximum Gasteiger partial charge on any atom is 0.303 e. The number of rotatable bonds is 4. The van der Waals surface area contributed by atoms with Crippen LogP contribution >= 0.6 is 12.2 Å². The largest absolute Gasteiger partial charge is 0.481 e. The first-order chi connectivity index (χ1) is 6.72. The van der Waals surface area contributed by atoms with Crippen molar-refractivity contribution in [2.75, 3.05) is 0 Å². The molecule has 0 radical (unpaired) electrons. The van der Waals surface area contributed by atoms with Crippen LogP contribution in [0.1, 0.15) is 12.0 Å². The van der Waals surface area contributed by atoms with E-state index < -0.39 is 5.97 Å². The van der Waals surface area contributed by atoms with Gasteiger partial charge in [0.05, 0.1) is 10.8 Å². The van der Waals surface area contributed by atoms with Crippen LogP contribution in [-0.2, 0) is 11.2 Å². The van der Waals surface area contributed by atoms with Crippen molar-refractivity contribution in [1.82, 2.24) is 0 Å².